The van der Waals surface area contributed by atoms with Crippen molar-refractivity contribution < 1.29 is 0 Å². The molecule has 9 rings (SSSR count). The lowest BCUT2D eigenvalue weighted by Crippen LogP contribution is -1.93. The summed E-state index contributed by atoms with van der Waals surface area (Å²) >= 11 is 0. The van der Waals surface area contributed by atoms with Crippen LogP contribution >= 0.6 is 0 Å². The zero-order valence-electron chi connectivity index (χ0n) is 23.0. The van der Waals surface area contributed by atoms with Crippen molar-refractivity contribution in [3.63, 3.8) is 0 Å². The largest absolute Gasteiger partial charge is 0.0616 e. The molecule has 0 heteroatoms. The van der Waals surface area contributed by atoms with E-state index in [0.717, 1.165) is 0 Å². The highest BCUT2D eigenvalue weighted by Gasteiger charge is 2.20. The zero-order valence-corrected chi connectivity index (χ0v) is 23.0. The summed E-state index contributed by atoms with van der Waals surface area (Å²) in [6.07, 6.45) is 0. The van der Waals surface area contributed by atoms with Crippen LogP contribution < -0.4 is 0 Å². The van der Waals surface area contributed by atoms with Crippen LogP contribution in [0, 0.1) is 0 Å². The van der Waals surface area contributed by atoms with Gasteiger partial charge in [0, 0.05) is 0 Å². The Labute approximate surface area is 244 Å². The van der Waals surface area contributed by atoms with Gasteiger partial charge in [-0.3, -0.25) is 0 Å². The van der Waals surface area contributed by atoms with E-state index in [1.807, 2.05) is 0 Å². The molecule has 0 aliphatic rings. The van der Waals surface area contributed by atoms with Gasteiger partial charge in [0.1, 0.15) is 0 Å². The van der Waals surface area contributed by atoms with E-state index < -0.39 is 0 Å². The van der Waals surface area contributed by atoms with Gasteiger partial charge in [0.15, 0.2) is 0 Å². The van der Waals surface area contributed by atoms with Crippen molar-refractivity contribution in [2.45, 2.75) is 0 Å². The summed E-state index contributed by atoms with van der Waals surface area (Å²) in [6.45, 7) is 0. The summed E-state index contributed by atoms with van der Waals surface area (Å²) < 4.78 is 0. The van der Waals surface area contributed by atoms with Gasteiger partial charge in [0.05, 0.1) is 0 Å². The molecule has 0 aliphatic heterocycles. The molecule has 0 nitrogen and oxygen atoms in total. The SMILES string of the molecule is c1ccc2c(-c3c4ccccc4c(-c4ccc5ccc6ccccc6c5c4)c4ccc5ccccc5c34)cccc2c1. The Morgan fingerprint density at radius 1 is 0.262 bits per heavy atom. The van der Waals surface area contributed by atoms with Gasteiger partial charge in [-0.25, -0.2) is 0 Å². The molecule has 0 aromatic heterocycles. The highest BCUT2D eigenvalue weighted by molar-refractivity contribution is 6.29. The molecule has 0 bridgehead atoms. The molecule has 0 amide bonds. The molecule has 0 unspecified atom stereocenters. The van der Waals surface area contributed by atoms with Crippen LogP contribution in [0.15, 0.2) is 158 Å². The van der Waals surface area contributed by atoms with Crippen LogP contribution in [0.4, 0.5) is 0 Å². The van der Waals surface area contributed by atoms with Crippen molar-refractivity contribution >= 4 is 64.6 Å². The summed E-state index contributed by atoms with van der Waals surface area (Å²) in [6, 6.07) is 58.1. The van der Waals surface area contributed by atoms with Crippen LogP contribution in [-0.2, 0) is 0 Å². The third kappa shape index (κ3) is 3.36. The average molecular weight is 531 g/mol. The van der Waals surface area contributed by atoms with E-state index in [1.165, 1.54) is 86.9 Å². The topological polar surface area (TPSA) is 0 Å². The second kappa shape index (κ2) is 9.03. The third-order valence-corrected chi connectivity index (χ3v) is 9.01. The van der Waals surface area contributed by atoms with Crippen molar-refractivity contribution in [2.75, 3.05) is 0 Å². The van der Waals surface area contributed by atoms with Gasteiger partial charge >= 0.3 is 0 Å². The molecule has 0 N–H and O–H groups in total. The quantitative estimate of drug-likeness (QED) is 0.154. The first-order valence-corrected chi connectivity index (χ1v) is 14.6. The van der Waals surface area contributed by atoms with E-state index in [1.54, 1.807) is 0 Å². The maximum absolute atomic E-state index is 2.41. The summed E-state index contributed by atoms with van der Waals surface area (Å²) in [4.78, 5) is 0. The number of hydrogen-bond donors (Lipinski definition) is 0. The lowest BCUT2D eigenvalue weighted by Gasteiger charge is -2.20. The predicted molar refractivity (Wildman–Crippen MR) is 182 cm³/mol. The Morgan fingerprint density at radius 3 is 1.52 bits per heavy atom. The summed E-state index contributed by atoms with van der Waals surface area (Å²) in [5.41, 5.74) is 5.14. The molecule has 0 saturated heterocycles. The molecule has 0 spiro atoms. The summed E-state index contributed by atoms with van der Waals surface area (Å²) in [5, 5.41) is 15.4. The third-order valence-electron chi connectivity index (χ3n) is 9.01. The molecule has 9 aromatic carbocycles. The van der Waals surface area contributed by atoms with E-state index in [9.17, 15) is 0 Å². The van der Waals surface area contributed by atoms with Crippen molar-refractivity contribution in [3.8, 4) is 22.3 Å². The van der Waals surface area contributed by atoms with E-state index in [2.05, 4.69) is 158 Å². The van der Waals surface area contributed by atoms with Gasteiger partial charge < -0.3 is 0 Å². The standard InChI is InChI=1S/C42H26/c1-4-14-32-27(10-1)13-9-19-35(32)42-37-18-8-7-17-36(37)40(38-25-24-29-12-3-6-16-34(29)41(38)42)31-23-22-30-21-20-28-11-2-5-15-33(28)39(30)26-31/h1-26H. The minimum absolute atomic E-state index is 1.25. The normalized spacial score (nSPS) is 11.8. The number of rotatable bonds is 2. The molecule has 194 valence electrons. The Morgan fingerprint density at radius 2 is 0.762 bits per heavy atom. The maximum atomic E-state index is 2.41. The molecular formula is C42H26. The zero-order chi connectivity index (χ0) is 27.6. The minimum Gasteiger partial charge on any atom is -0.0616 e. The van der Waals surface area contributed by atoms with Crippen LogP contribution in [0.2, 0.25) is 0 Å². The second-order valence-electron chi connectivity index (χ2n) is 11.3. The van der Waals surface area contributed by atoms with E-state index in [4.69, 9.17) is 0 Å². The fourth-order valence-corrected chi connectivity index (χ4v) is 7.14. The molecular weight excluding hydrogens is 504 g/mol. The van der Waals surface area contributed by atoms with Gasteiger partial charge in [0.2, 0.25) is 0 Å². The van der Waals surface area contributed by atoms with Crippen molar-refractivity contribution in [3.05, 3.63) is 158 Å². The smallest absolute Gasteiger partial charge is 0.00139 e. The predicted octanol–water partition coefficient (Wildman–Crippen LogP) is 11.9. The van der Waals surface area contributed by atoms with Crippen LogP contribution in [0.25, 0.3) is 86.9 Å². The summed E-state index contributed by atoms with van der Waals surface area (Å²) in [7, 11) is 0. The first-order valence-electron chi connectivity index (χ1n) is 14.6. The van der Waals surface area contributed by atoms with Crippen molar-refractivity contribution in [1.29, 1.82) is 0 Å². The van der Waals surface area contributed by atoms with Crippen molar-refractivity contribution in [2.24, 2.45) is 0 Å². The van der Waals surface area contributed by atoms with Gasteiger partial charge in [0.25, 0.3) is 0 Å². The molecule has 0 saturated carbocycles. The van der Waals surface area contributed by atoms with Crippen LogP contribution in [0.5, 0.6) is 0 Å². The Balaban J connectivity index is 1.50. The van der Waals surface area contributed by atoms with Crippen LogP contribution in [0.1, 0.15) is 0 Å². The van der Waals surface area contributed by atoms with Gasteiger partial charge in [-0.05, 0) is 93.0 Å². The van der Waals surface area contributed by atoms with E-state index in [-0.39, 0.29) is 0 Å². The fraction of sp³-hybridized carbons (Fsp3) is 0. The van der Waals surface area contributed by atoms with Gasteiger partial charge in [-0.1, -0.05) is 152 Å². The average Bonchev–Trinajstić information content (AvgIpc) is 3.06. The second-order valence-corrected chi connectivity index (χ2v) is 11.3. The Hall–Kier alpha value is -5.46. The molecule has 0 heterocycles. The lowest BCUT2D eigenvalue weighted by atomic mass is 9.82. The van der Waals surface area contributed by atoms with Crippen LogP contribution in [-0.4, -0.2) is 0 Å². The molecule has 0 atom stereocenters. The Bertz CT molecular complexity index is 2510. The van der Waals surface area contributed by atoms with Gasteiger partial charge in [-0.2, -0.15) is 0 Å². The minimum atomic E-state index is 1.25. The van der Waals surface area contributed by atoms with Crippen LogP contribution in [0.3, 0.4) is 0 Å². The number of hydrogen-bond acceptors (Lipinski definition) is 0. The number of fused-ring (bicyclic) bond motifs is 8. The monoisotopic (exact) mass is 530 g/mol. The molecule has 42 heavy (non-hydrogen) atoms. The fourth-order valence-electron chi connectivity index (χ4n) is 7.14. The lowest BCUT2D eigenvalue weighted by molar-refractivity contribution is 1.69. The summed E-state index contributed by atoms with van der Waals surface area (Å²) in [5.74, 6) is 0. The molecule has 0 fully saturated rings. The Kier molecular flexibility index (Phi) is 5.00. The number of benzene rings is 9. The highest BCUT2D eigenvalue weighted by Crippen LogP contribution is 2.48. The van der Waals surface area contributed by atoms with E-state index >= 15 is 0 Å². The first kappa shape index (κ1) is 23.3. The molecule has 9 aromatic rings. The van der Waals surface area contributed by atoms with Crippen molar-refractivity contribution in [1.82, 2.24) is 0 Å². The first-order chi connectivity index (χ1) is 20.8. The molecule has 0 aliphatic carbocycles. The maximum Gasteiger partial charge on any atom is -0.00139 e. The highest BCUT2D eigenvalue weighted by atomic mass is 14.2. The van der Waals surface area contributed by atoms with E-state index in [0.29, 0.717) is 0 Å². The molecule has 0 radical (unpaired) electrons. The van der Waals surface area contributed by atoms with Gasteiger partial charge in [-0.15, -0.1) is 0 Å².